The highest BCUT2D eigenvalue weighted by atomic mass is 127. The Kier molecular flexibility index (Phi) is 8.47. The van der Waals surface area contributed by atoms with Crippen molar-refractivity contribution < 1.29 is 0 Å². The fraction of sp³-hybridized carbons (Fsp3) is 0.400. The number of nitrogens with one attached hydrogen (secondary N) is 1. The van der Waals surface area contributed by atoms with Gasteiger partial charge in [0.25, 0.3) is 0 Å². The van der Waals surface area contributed by atoms with Crippen molar-refractivity contribution in [1.29, 1.82) is 0 Å². The molecule has 106 valence electrons. The lowest BCUT2D eigenvalue weighted by Gasteiger charge is -2.07. The minimum Gasteiger partial charge on any atom is -0.370 e. The van der Waals surface area contributed by atoms with Gasteiger partial charge < -0.3 is 11.1 Å². The van der Waals surface area contributed by atoms with E-state index in [1.54, 1.807) is 0 Å². The van der Waals surface area contributed by atoms with Crippen LogP contribution in [0.15, 0.2) is 35.3 Å². The SMILES string of the molecule is C=C(C)CN=C(N)NCCc1cc(C)cc(C)c1.I. The number of aliphatic imine (C=N–C) groups is 1. The maximum atomic E-state index is 5.74. The van der Waals surface area contributed by atoms with Gasteiger partial charge in [-0.15, -0.1) is 24.0 Å². The van der Waals surface area contributed by atoms with Crippen molar-refractivity contribution in [2.75, 3.05) is 13.1 Å². The van der Waals surface area contributed by atoms with Gasteiger partial charge in [0.05, 0.1) is 6.54 Å². The maximum Gasteiger partial charge on any atom is 0.188 e. The topological polar surface area (TPSA) is 50.4 Å². The van der Waals surface area contributed by atoms with Crippen LogP contribution in [0, 0.1) is 13.8 Å². The summed E-state index contributed by atoms with van der Waals surface area (Å²) in [5.41, 5.74) is 10.7. The highest BCUT2D eigenvalue weighted by molar-refractivity contribution is 14.0. The molecule has 0 aliphatic rings. The van der Waals surface area contributed by atoms with E-state index in [0.717, 1.165) is 18.5 Å². The van der Waals surface area contributed by atoms with Crippen molar-refractivity contribution in [2.24, 2.45) is 10.7 Å². The van der Waals surface area contributed by atoms with Crippen molar-refractivity contribution >= 4 is 29.9 Å². The molecule has 0 aromatic heterocycles. The molecule has 0 heterocycles. The summed E-state index contributed by atoms with van der Waals surface area (Å²) in [5, 5.41) is 3.11. The van der Waals surface area contributed by atoms with E-state index < -0.39 is 0 Å². The van der Waals surface area contributed by atoms with E-state index in [-0.39, 0.29) is 24.0 Å². The number of hydrogen-bond acceptors (Lipinski definition) is 1. The predicted octanol–water partition coefficient (Wildman–Crippen LogP) is 2.94. The summed E-state index contributed by atoms with van der Waals surface area (Å²) in [4.78, 5) is 4.17. The molecule has 19 heavy (non-hydrogen) atoms. The van der Waals surface area contributed by atoms with Gasteiger partial charge in [-0.2, -0.15) is 0 Å². The molecule has 0 aliphatic carbocycles. The van der Waals surface area contributed by atoms with E-state index in [4.69, 9.17) is 5.73 Å². The van der Waals surface area contributed by atoms with Crippen LogP contribution in [0.5, 0.6) is 0 Å². The van der Waals surface area contributed by atoms with Crippen LogP contribution in [0.1, 0.15) is 23.6 Å². The zero-order chi connectivity index (χ0) is 13.5. The van der Waals surface area contributed by atoms with E-state index >= 15 is 0 Å². The van der Waals surface area contributed by atoms with Gasteiger partial charge >= 0.3 is 0 Å². The average Bonchev–Trinajstić information content (AvgIpc) is 2.25. The molecule has 0 bridgehead atoms. The van der Waals surface area contributed by atoms with Crippen molar-refractivity contribution in [3.8, 4) is 0 Å². The lowest BCUT2D eigenvalue weighted by Crippen LogP contribution is -2.33. The van der Waals surface area contributed by atoms with E-state index in [1.165, 1.54) is 16.7 Å². The standard InChI is InChI=1S/C15H23N3.HI/c1-11(2)10-18-15(16)17-6-5-14-8-12(3)7-13(4)9-14;/h7-9H,1,5-6,10H2,2-4H3,(H3,16,17,18);1H. The molecule has 0 fully saturated rings. The monoisotopic (exact) mass is 373 g/mol. The van der Waals surface area contributed by atoms with E-state index in [9.17, 15) is 0 Å². The van der Waals surface area contributed by atoms with Gasteiger partial charge in [-0.05, 0) is 32.8 Å². The molecule has 1 rings (SSSR count). The van der Waals surface area contributed by atoms with Crippen LogP contribution < -0.4 is 11.1 Å². The average molecular weight is 373 g/mol. The molecule has 1 aromatic carbocycles. The van der Waals surface area contributed by atoms with Crippen LogP contribution in [0.3, 0.4) is 0 Å². The van der Waals surface area contributed by atoms with E-state index in [2.05, 4.69) is 48.9 Å². The highest BCUT2D eigenvalue weighted by Gasteiger charge is 1.97. The quantitative estimate of drug-likeness (QED) is 0.361. The van der Waals surface area contributed by atoms with Crippen molar-refractivity contribution in [3.05, 3.63) is 47.0 Å². The molecule has 0 radical (unpaired) electrons. The number of nitrogens with two attached hydrogens (primary N) is 1. The van der Waals surface area contributed by atoms with Gasteiger partial charge in [0.1, 0.15) is 0 Å². The summed E-state index contributed by atoms with van der Waals surface area (Å²) < 4.78 is 0. The maximum absolute atomic E-state index is 5.74. The second-order valence-corrected chi connectivity index (χ2v) is 4.83. The highest BCUT2D eigenvalue weighted by Crippen LogP contribution is 2.08. The number of halogens is 1. The van der Waals surface area contributed by atoms with E-state index in [0.29, 0.717) is 12.5 Å². The first-order valence-electron chi connectivity index (χ1n) is 6.22. The number of hydrogen-bond donors (Lipinski definition) is 2. The summed E-state index contributed by atoms with van der Waals surface area (Å²) in [6.45, 7) is 11.3. The minimum atomic E-state index is 0. The van der Waals surface area contributed by atoms with Crippen LogP contribution in [-0.4, -0.2) is 19.0 Å². The van der Waals surface area contributed by atoms with Gasteiger partial charge in [0.2, 0.25) is 0 Å². The van der Waals surface area contributed by atoms with Crippen LogP contribution in [-0.2, 0) is 6.42 Å². The zero-order valence-corrected chi connectivity index (χ0v) is 14.3. The molecule has 3 nitrogen and oxygen atoms in total. The Balaban J connectivity index is 0.00000324. The van der Waals surface area contributed by atoms with Gasteiger partial charge in [0.15, 0.2) is 5.96 Å². The van der Waals surface area contributed by atoms with Gasteiger partial charge in [-0.3, -0.25) is 0 Å². The van der Waals surface area contributed by atoms with Crippen LogP contribution >= 0.6 is 24.0 Å². The molecule has 0 aliphatic heterocycles. The molecule has 0 atom stereocenters. The molecule has 0 amide bonds. The summed E-state index contributed by atoms with van der Waals surface area (Å²) in [5.74, 6) is 0.488. The number of rotatable bonds is 5. The molecular weight excluding hydrogens is 349 g/mol. The molecular formula is C15H24IN3. The summed E-state index contributed by atoms with van der Waals surface area (Å²) in [6.07, 6.45) is 0.950. The molecule has 0 spiro atoms. The first-order chi connectivity index (χ1) is 8.47. The Morgan fingerprint density at radius 3 is 2.37 bits per heavy atom. The molecule has 4 heteroatoms. The molecule has 0 unspecified atom stereocenters. The largest absolute Gasteiger partial charge is 0.370 e. The predicted molar refractivity (Wildman–Crippen MR) is 94.3 cm³/mol. The fourth-order valence-electron chi connectivity index (χ4n) is 1.82. The number of nitrogens with zero attached hydrogens (tertiary/aromatic N) is 1. The first kappa shape index (κ1) is 18.0. The van der Waals surface area contributed by atoms with Gasteiger partial charge in [-0.25, -0.2) is 4.99 Å². The Hall–Kier alpha value is -1.04. The van der Waals surface area contributed by atoms with Crippen LogP contribution in [0.25, 0.3) is 0 Å². The Labute approximate surface area is 133 Å². The molecule has 0 saturated carbocycles. The van der Waals surface area contributed by atoms with Gasteiger partial charge in [-0.1, -0.05) is 41.5 Å². The summed E-state index contributed by atoms with van der Waals surface area (Å²) in [7, 11) is 0. The van der Waals surface area contributed by atoms with Gasteiger partial charge in [0, 0.05) is 6.54 Å². The third-order valence-electron chi connectivity index (χ3n) is 2.52. The third-order valence-corrected chi connectivity index (χ3v) is 2.52. The van der Waals surface area contributed by atoms with Crippen LogP contribution in [0.2, 0.25) is 0 Å². The molecule has 3 N–H and O–H groups in total. The lowest BCUT2D eigenvalue weighted by molar-refractivity contribution is 0.851. The Bertz CT molecular complexity index is 432. The number of guanidine groups is 1. The van der Waals surface area contributed by atoms with E-state index in [1.807, 2.05) is 6.92 Å². The Morgan fingerprint density at radius 2 is 1.84 bits per heavy atom. The molecule has 1 aromatic rings. The van der Waals surface area contributed by atoms with Crippen LogP contribution in [0.4, 0.5) is 0 Å². The Morgan fingerprint density at radius 1 is 1.26 bits per heavy atom. The van der Waals surface area contributed by atoms with Crippen molar-refractivity contribution in [3.63, 3.8) is 0 Å². The second-order valence-electron chi connectivity index (χ2n) is 4.83. The normalized spacial score (nSPS) is 10.8. The number of benzene rings is 1. The lowest BCUT2D eigenvalue weighted by atomic mass is 10.1. The second kappa shape index (κ2) is 8.96. The third kappa shape index (κ3) is 7.87. The van der Waals surface area contributed by atoms with Crippen molar-refractivity contribution in [1.82, 2.24) is 5.32 Å². The smallest absolute Gasteiger partial charge is 0.188 e. The van der Waals surface area contributed by atoms with Crippen molar-refractivity contribution in [2.45, 2.75) is 27.2 Å². The zero-order valence-electron chi connectivity index (χ0n) is 12.0. The fourth-order valence-corrected chi connectivity index (χ4v) is 1.82. The summed E-state index contributed by atoms with van der Waals surface area (Å²) >= 11 is 0. The first-order valence-corrected chi connectivity index (χ1v) is 6.22. The minimum absolute atomic E-state index is 0. The molecule has 0 saturated heterocycles. The number of aryl methyl sites for hydroxylation is 2. The summed E-state index contributed by atoms with van der Waals surface area (Å²) in [6, 6.07) is 6.59.